The molecule has 0 fully saturated rings. The van der Waals surface area contributed by atoms with Crippen LogP contribution >= 0.6 is 0 Å². The maximum absolute atomic E-state index is 12.3. The standard InChI is InChI=1S/C19H22N6O2/c1-4-15(18-20-10-11(2)21-18)25-19(27)24-14-7-5-13(6-8-14)16-9-17(26)23-12(3)22-16/h5-10,15H,4H2,1-3H3,(H,20,21)(H,22,23,26)(H2,24,25,27). The van der Waals surface area contributed by atoms with Gasteiger partial charge in [-0.15, -0.1) is 0 Å². The number of aromatic amines is 2. The first-order chi connectivity index (χ1) is 12.9. The molecule has 0 radical (unpaired) electrons. The number of aryl methyl sites for hydroxylation is 2. The molecule has 1 atom stereocenters. The molecule has 0 saturated carbocycles. The zero-order valence-electron chi connectivity index (χ0n) is 15.5. The number of anilines is 1. The van der Waals surface area contributed by atoms with Crippen molar-refractivity contribution in [2.45, 2.75) is 33.2 Å². The largest absolute Gasteiger partial charge is 0.344 e. The average molecular weight is 366 g/mol. The Hall–Kier alpha value is -3.42. The molecule has 3 rings (SSSR count). The van der Waals surface area contributed by atoms with Crippen LogP contribution in [0.1, 0.15) is 36.7 Å². The maximum atomic E-state index is 12.3. The molecular weight excluding hydrogens is 344 g/mol. The predicted octanol–water partition coefficient (Wildman–Crippen LogP) is 3.05. The van der Waals surface area contributed by atoms with Gasteiger partial charge in [0.1, 0.15) is 11.6 Å². The second kappa shape index (κ2) is 7.86. The summed E-state index contributed by atoms with van der Waals surface area (Å²) in [6, 6.07) is 8.10. The summed E-state index contributed by atoms with van der Waals surface area (Å²) in [7, 11) is 0. The molecule has 0 bridgehead atoms. The highest BCUT2D eigenvalue weighted by Gasteiger charge is 2.15. The molecule has 2 amide bonds. The average Bonchev–Trinajstić information content (AvgIpc) is 3.05. The molecule has 27 heavy (non-hydrogen) atoms. The third-order valence-electron chi connectivity index (χ3n) is 4.06. The van der Waals surface area contributed by atoms with E-state index in [0.717, 1.165) is 17.1 Å². The fourth-order valence-corrected chi connectivity index (χ4v) is 2.75. The van der Waals surface area contributed by atoms with E-state index in [-0.39, 0.29) is 17.6 Å². The van der Waals surface area contributed by atoms with Gasteiger partial charge in [-0.2, -0.15) is 0 Å². The summed E-state index contributed by atoms with van der Waals surface area (Å²) >= 11 is 0. The SMILES string of the molecule is CCC(NC(=O)Nc1ccc(-c2cc(=O)[nH]c(C)n2)cc1)c1ncc(C)[nH]1. The topological polar surface area (TPSA) is 116 Å². The van der Waals surface area contributed by atoms with Crippen molar-refractivity contribution in [3.63, 3.8) is 0 Å². The van der Waals surface area contributed by atoms with Gasteiger partial charge in [-0.25, -0.2) is 14.8 Å². The van der Waals surface area contributed by atoms with Crippen molar-refractivity contribution >= 4 is 11.7 Å². The summed E-state index contributed by atoms with van der Waals surface area (Å²) in [6.07, 6.45) is 2.45. The van der Waals surface area contributed by atoms with Crippen molar-refractivity contribution < 1.29 is 4.79 Å². The quantitative estimate of drug-likeness (QED) is 0.555. The van der Waals surface area contributed by atoms with Gasteiger partial charge < -0.3 is 20.6 Å². The molecule has 2 aromatic heterocycles. The van der Waals surface area contributed by atoms with E-state index in [2.05, 4.69) is 30.6 Å². The van der Waals surface area contributed by atoms with Crippen molar-refractivity contribution in [1.82, 2.24) is 25.3 Å². The van der Waals surface area contributed by atoms with E-state index in [0.29, 0.717) is 23.6 Å². The number of H-pyrrole nitrogens is 2. The van der Waals surface area contributed by atoms with E-state index in [1.807, 2.05) is 26.0 Å². The van der Waals surface area contributed by atoms with E-state index in [4.69, 9.17) is 0 Å². The van der Waals surface area contributed by atoms with Crippen LogP contribution in [-0.4, -0.2) is 26.0 Å². The summed E-state index contributed by atoms with van der Waals surface area (Å²) in [5.74, 6) is 1.29. The number of imidazole rings is 1. The van der Waals surface area contributed by atoms with Crippen LogP contribution in [0.4, 0.5) is 10.5 Å². The fraction of sp³-hybridized carbons (Fsp3) is 0.263. The molecule has 140 valence electrons. The third-order valence-corrected chi connectivity index (χ3v) is 4.06. The molecule has 1 unspecified atom stereocenters. The molecule has 2 heterocycles. The first-order valence-corrected chi connectivity index (χ1v) is 8.72. The Balaban J connectivity index is 1.67. The highest BCUT2D eigenvalue weighted by Crippen LogP contribution is 2.19. The van der Waals surface area contributed by atoms with Crippen LogP contribution in [0.15, 0.2) is 41.3 Å². The highest BCUT2D eigenvalue weighted by atomic mass is 16.2. The molecule has 0 aliphatic heterocycles. The summed E-state index contributed by atoms with van der Waals surface area (Å²) in [5, 5.41) is 5.71. The van der Waals surface area contributed by atoms with E-state index in [1.165, 1.54) is 6.07 Å². The molecule has 0 saturated heterocycles. The molecule has 0 aliphatic rings. The minimum Gasteiger partial charge on any atom is -0.344 e. The number of rotatable bonds is 5. The first-order valence-electron chi connectivity index (χ1n) is 8.72. The molecule has 8 nitrogen and oxygen atoms in total. The number of nitrogens with one attached hydrogen (secondary N) is 4. The van der Waals surface area contributed by atoms with Gasteiger partial charge in [0.05, 0.1) is 11.7 Å². The van der Waals surface area contributed by atoms with Gasteiger partial charge in [0, 0.05) is 29.2 Å². The van der Waals surface area contributed by atoms with Crippen LogP contribution in [0.25, 0.3) is 11.3 Å². The number of carbonyl (C=O) groups is 1. The Bertz CT molecular complexity index is 990. The Morgan fingerprint density at radius 2 is 1.93 bits per heavy atom. The summed E-state index contributed by atoms with van der Waals surface area (Å²) in [4.78, 5) is 38.2. The van der Waals surface area contributed by atoms with Crippen molar-refractivity contribution in [2.75, 3.05) is 5.32 Å². The van der Waals surface area contributed by atoms with Gasteiger partial charge in [-0.1, -0.05) is 19.1 Å². The fourth-order valence-electron chi connectivity index (χ4n) is 2.75. The van der Waals surface area contributed by atoms with Crippen LogP contribution in [0.2, 0.25) is 0 Å². The molecule has 3 aromatic rings. The predicted molar refractivity (Wildman–Crippen MR) is 104 cm³/mol. The Labute approximate surface area is 156 Å². The smallest absolute Gasteiger partial charge is 0.319 e. The van der Waals surface area contributed by atoms with Gasteiger partial charge in [0.25, 0.3) is 5.56 Å². The van der Waals surface area contributed by atoms with Gasteiger partial charge in [0.2, 0.25) is 0 Å². The Morgan fingerprint density at radius 3 is 2.52 bits per heavy atom. The summed E-state index contributed by atoms with van der Waals surface area (Å²) in [5.41, 5.74) is 2.78. The third kappa shape index (κ3) is 4.60. The van der Waals surface area contributed by atoms with E-state index in [1.54, 1.807) is 25.3 Å². The molecule has 0 spiro atoms. The van der Waals surface area contributed by atoms with Gasteiger partial charge in [-0.3, -0.25) is 4.79 Å². The van der Waals surface area contributed by atoms with Crippen molar-refractivity contribution in [1.29, 1.82) is 0 Å². The van der Waals surface area contributed by atoms with E-state index in [9.17, 15) is 9.59 Å². The lowest BCUT2D eigenvalue weighted by atomic mass is 10.1. The lowest BCUT2D eigenvalue weighted by Crippen LogP contribution is -2.32. The summed E-state index contributed by atoms with van der Waals surface area (Å²) in [6.45, 7) is 5.63. The number of amides is 2. The minimum atomic E-state index is -0.311. The Morgan fingerprint density at radius 1 is 1.19 bits per heavy atom. The Kier molecular flexibility index (Phi) is 5.35. The van der Waals surface area contributed by atoms with Crippen LogP contribution in [0.5, 0.6) is 0 Å². The molecular formula is C19H22N6O2. The van der Waals surface area contributed by atoms with Crippen LogP contribution in [0, 0.1) is 13.8 Å². The van der Waals surface area contributed by atoms with Gasteiger partial charge >= 0.3 is 6.03 Å². The maximum Gasteiger partial charge on any atom is 0.319 e. The second-order valence-electron chi connectivity index (χ2n) is 6.30. The number of carbonyl (C=O) groups excluding carboxylic acids is 1. The number of hydrogen-bond acceptors (Lipinski definition) is 4. The van der Waals surface area contributed by atoms with Crippen molar-refractivity contribution in [2.24, 2.45) is 0 Å². The molecule has 4 N–H and O–H groups in total. The normalized spacial score (nSPS) is 11.8. The zero-order chi connectivity index (χ0) is 19.4. The lowest BCUT2D eigenvalue weighted by molar-refractivity contribution is 0.247. The molecule has 1 aromatic carbocycles. The van der Waals surface area contributed by atoms with Crippen LogP contribution in [0.3, 0.4) is 0 Å². The summed E-state index contributed by atoms with van der Waals surface area (Å²) < 4.78 is 0. The monoisotopic (exact) mass is 366 g/mol. The van der Waals surface area contributed by atoms with E-state index < -0.39 is 0 Å². The zero-order valence-corrected chi connectivity index (χ0v) is 15.5. The minimum absolute atomic E-state index is 0.193. The number of urea groups is 1. The van der Waals surface area contributed by atoms with Crippen LogP contribution in [-0.2, 0) is 0 Å². The second-order valence-corrected chi connectivity index (χ2v) is 6.30. The number of nitrogens with zero attached hydrogens (tertiary/aromatic N) is 2. The van der Waals surface area contributed by atoms with E-state index >= 15 is 0 Å². The number of aromatic nitrogens is 4. The highest BCUT2D eigenvalue weighted by molar-refractivity contribution is 5.89. The molecule has 8 heteroatoms. The molecule has 0 aliphatic carbocycles. The lowest BCUT2D eigenvalue weighted by Gasteiger charge is -2.15. The number of hydrogen-bond donors (Lipinski definition) is 4. The van der Waals surface area contributed by atoms with Gasteiger partial charge in [0.15, 0.2) is 0 Å². The van der Waals surface area contributed by atoms with Crippen LogP contribution < -0.4 is 16.2 Å². The number of benzene rings is 1. The van der Waals surface area contributed by atoms with Crippen molar-refractivity contribution in [3.05, 3.63) is 64.2 Å². The first kappa shape index (κ1) is 18.4. The van der Waals surface area contributed by atoms with Gasteiger partial charge in [-0.05, 0) is 32.4 Å². The van der Waals surface area contributed by atoms with Crippen molar-refractivity contribution in [3.8, 4) is 11.3 Å².